The molecule has 1 aromatic heterocycles. The van der Waals surface area contributed by atoms with Gasteiger partial charge in [0.2, 0.25) is 0 Å². The number of aromatic nitrogens is 2. The Bertz CT molecular complexity index is 779. The van der Waals surface area contributed by atoms with Crippen molar-refractivity contribution in [1.82, 2.24) is 10.1 Å². The molecular formula is C16H13N3O. The number of hydrogen-bond donors (Lipinski definition) is 1. The fraction of sp³-hybridized carbons (Fsp3) is 0.125. The lowest BCUT2D eigenvalue weighted by atomic mass is 9.77. The number of nitrogens with zero attached hydrogens (tertiary/aromatic N) is 2. The van der Waals surface area contributed by atoms with Crippen molar-refractivity contribution in [2.45, 2.75) is 12.3 Å². The molecule has 0 saturated heterocycles. The minimum absolute atomic E-state index is 0.244. The molecule has 0 saturated carbocycles. The number of nitrogens with two attached hydrogens (primary N) is 1. The van der Waals surface area contributed by atoms with E-state index in [-0.39, 0.29) is 5.92 Å². The highest BCUT2D eigenvalue weighted by atomic mass is 16.5. The Morgan fingerprint density at radius 1 is 1.05 bits per heavy atom. The third-order valence-electron chi connectivity index (χ3n) is 3.80. The Morgan fingerprint density at radius 2 is 1.85 bits per heavy atom. The average molecular weight is 263 g/mol. The molecule has 0 amide bonds. The van der Waals surface area contributed by atoms with Gasteiger partial charge in [0, 0.05) is 5.69 Å². The highest BCUT2D eigenvalue weighted by Gasteiger charge is 2.31. The first-order chi connectivity index (χ1) is 9.83. The molecule has 98 valence electrons. The van der Waals surface area contributed by atoms with Crippen molar-refractivity contribution in [2.75, 3.05) is 5.73 Å². The number of hydrogen-bond acceptors (Lipinski definition) is 4. The summed E-state index contributed by atoms with van der Waals surface area (Å²) in [6, 6.07) is 15.9. The monoisotopic (exact) mass is 263 g/mol. The van der Waals surface area contributed by atoms with Crippen molar-refractivity contribution >= 4 is 5.69 Å². The van der Waals surface area contributed by atoms with Crippen LogP contribution in [0.15, 0.2) is 53.1 Å². The van der Waals surface area contributed by atoms with Crippen LogP contribution in [-0.4, -0.2) is 10.1 Å². The molecule has 2 N–H and O–H groups in total. The SMILES string of the molecule is Nc1ccccc1-c1nc(C2Cc3ccccc32)no1. The molecule has 0 bridgehead atoms. The van der Waals surface area contributed by atoms with Crippen LogP contribution in [0.5, 0.6) is 0 Å². The zero-order valence-electron chi connectivity index (χ0n) is 10.8. The maximum Gasteiger partial charge on any atom is 0.260 e. The van der Waals surface area contributed by atoms with Gasteiger partial charge in [-0.05, 0) is 29.7 Å². The first-order valence-corrected chi connectivity index (χ1v) is 6.59. The molecule has 1 heterocycles. The standard InChI is InChI=1S/C16H13N3O/c17-14-8-4-3-7-12(14)16-18-15(19-20-16)13-9-10-5-1-2-6-11(10)13/h1-8,13H,9,17H2. The summed E-state index contributed by atoms with van der Waals surface area (Å²) in [5.41, 5.74) is 10.0. The molecule has 0 aliphatic heterocycles. The normalized spacial score (nSPS) is 16.5. The van der Waals surface area contributed by atoms with Crippen LogP contribution in [0.1, 0.15) is 22.9 Å². The first-order valence-electron chi connectivity index (χ1n) is 6.59. The van der Waals surface area contributed by atoms with Crippen LogP contribution in [0.4, 0.5) is 5.69 Å². The van der Waals surface area contributed by atoms with E-state index in [9.17, 15) is 0 Å². The molecule has 0 spiro atoms. The van der Waals surface area contributed by atoms with Crippen LogP contribution in [-0.2, 0) is 6.42 Å². The second-order valence-corrected chi connectivity index (χ2v) is 5.00. The van der Waals surface area contributed by atoms with Crippen LogP contribution < -0.4 is 5.73 Å². The zero-order valence-corrected chi connectivity index (χ0v) is 10.8. The maximum absolute atomic E-state index is 5.93. The van der Waals surface area contributed by atoms with E-state index >= 15 is 0 Å². The predicted molar refractivity (Wildman–Crippen MR) is 76.1 cm³/mol. The molecule has 1 aliphatic rings. The minimum atomic E-state index is 0.244. The molecule has 1 aliphatic carbocycles. The highest BCUT2D eigenvalue weighted by molar-refractivity contribution is 5.70. The number of nitrogen functional groups attached to an aromatic ring is 1. The van der Waals surface area contributed by atoms with Gasteiger partial charge in [-0.2, -0.15) is 4.98 Å². The van der Waals surface area contributed by atoms with Gasteiger partial charge in [0.1, 0.15) is 0 Å². The Kier molecular flexibility index (Phi) is 2.36. The summed E-state index contributed by atoms with van der Waals surface area (Å²) in [5, 5.41) is 4.11. The molecule has 0 radical (unpaired) electrons. The molecule has 1 unspecified atom stereocenters. The van der Waals surface area contributed by atoms with Crippen molar-refractivity contribution in [2.24, 2.45) is 0 Å². The predicted octanol–water partition coefficient (Wildman–Crippen LogP) is 3.01. The van der Waals surface area contributed by atoms with E-state index in [1.165, 1.54) is 11.1 Å². The van der Waals surface area contributed by atoms with Gasteiger partial charge >= 0.3 is 0 Å². The highest BCUT2D eigenvalue weighted by Crippen LogP contribution is 2.39. The van der Waals surface area contributed by atoms with E-state index < -0.39 is 0 Å². The fourth-order valence-electron chi connectivity index (χ4n) is 2.67. The second kappa shape index (κ2) is 4.20. The molecule has 1 atom stereocenters. The van der Waals surface area contributed by atoms with E-state index in [1.807, 2.05) is 30.3 Å². The van der Waals surface area contributed by atoms with Gasteiger partial charge in [0.25, 0.3) is 5.89 Å². The van der Waals surface area contributed by atoms with Crippen LogP contribution >= 0.6 is 0 Å². The molecule has 2 aromatic carbocycles. The summed E-state index contributed by atoms with van der Waals surface area (Å²) in [6.07, 6.45) is 0.972. The summed E-state index contributed by atoms with van der Waals surface area (Å²) in [5.74, 6) is 1.47. The zero-order chi connectivity index (χ0) is 13.5. The van der Waals surface area contributed by atoms with Gasteiger partial charge in [-0.3, -0.25) is 0 Å². The van der Waals surface area contributed by atoms with E-state index in [0.29, 0.717) is 11.6 Å². The van der Waals surface area contributed by atoms with Crippen LogP contribution in [0, 0.1) is 0 Å². The van der Waals surface area contributed by atoms with Crippen molar-refractivity contribution < 1.29 is 4.52 Å². The van der Waals surface area contributed by atoms with Crippen LogP contribution in [0.25, 0.3) is 11.5 Å². The quantitative estimate of drug-likeness (QED) is 0.722. The van der Waals surface area contributed by atoms with E-state index in [1.54, 1.807) is 0 Å². The third-order valence-corrected chi connectivity index (χ3v) is 3.80. The van der Waals surface area contributed by atoms with Gasteiger partial charge in [-0.1, -0.05) is 41.6 Å². The largest absolute Gasteiger partial charge is 0.398 e. The first kappa shape index (κ1) is 11.2. The Hall–Kier alpha value is -2.62. The number of fused-ring (bicyclic) bond motifs is 1. The molecule has 4 nitrogen and oxygen atoms in total. The van der Waals surface area contributed by atoms with Gasteiger partial charge in [0.05, 0.1) is 11.5 Å². The number of rotatable bonds is 2. The average Bonchev–Trinajstić information content (AvgIpc) is 2.90. The Labute approximate surface area is 116 Å². The van der Waals surface area contributed by atoms with E-state index in [0.717, 1.165) is 17.8 Å². The summed E-state index contributed by atoms with van der Waals surface area (Å²) >= 11 is 0. The summed E-state index contributed by atoms with van der Waals surface area (Å²) in [6.45, 7) is 0. The topological polar surface area (TPSA) is 64.9 Å². The lowest BCUT2D eigenvalue weighted by molar-refractivity contribution is 0.416. The fourth-order valence-corrected chi connectivity index (χ4v) is 2.67. The summed E-state index contributed by atoms with van der Waals surface area (Å²) < 4.78 is 5.36. The van der Waals surface area contributed by atoms with Crippen molar-refractivity contribution in [3.63, 3.8) is 0 Å². The Morgan fingerprint density at radius 3 is 2.70 bits per heavy atom. The second-order valence-electron chi connectivity index (χ2n) is 5.00. The summed E-state index contributed by atoms with van der Waals surface area (Å²) in [7, 11) is 0. The maximum atomic E-state index is 5.93. The Balaban J connectivity index is 1.69. The lowest BCUT2D eigenvalue weighted by Gasteiger charge is -2.27. The van der Waals surface area contributed by atoms with Crippen molar-refractivity contribution in [3.05, 3.63) is 65.5 Å². The van der Waals surface area contributed by atoms with Gasteiger partial charge in [-0.25, -0.2) is 0 Å². The molecule has 4 rings (SSSR count). The number of para-hydroxylation sites is 1. The smallest absolute Gasteiger partial charge is 0.260 e. The van der Waals surface area contributed by atoms with Crippen molar-refractivity contribution in [1.29, 1.82) is 0 Å². The number of benzene rings is 2. The molecular weight excluding hydrogens is 250 g/mol. The van der Waals surface area contributed by atoms with Crippen molar-refractivity contribution in [3.8, 4) is 11.5 Å². The molecule has 4 heteroatoms. The van der Waals surface area contributed by atoms with Gasteiger partial charge < -0.3 is 10.3 Å². The number of anilines is 1. The summed E-state index contributed by atoms with van der Waals surface area (Å²) in [4.78, 5) is 4.50. The van der Waals surface area contributed by atoms with E-state index in [4.69, 9.17) is 10.3 Å². The van der Waals surface area contributed by atoms with E-state index in [2.05, 4.69) is 28.3 Å². The minimum Gasteiger partial charge on any atom is -0.398 e. The molecule has 20 heavy (non-hydrogen) atoms. The van der Waals surface area contributed by atoms with Crippen LogP contribution in [0.2, 0.25) is 0 Å². The van der Waals surface area contributed by atoms with Gasteiger partial charge in [0.15, 0.2) is 5.82 Å². The molecule has 0 fully saturated rings. The van der Waals surface area contributed by atoms with Gasteiger partial charge in [-0.15, -0.1) is 0 Å². The third kappa shape index (κ3) is 1.61. The lowest BCUT2D eigenvalue weighted by Crippen LogP contribution is -2.19. The van der Waals surface area contributed by atoms with Crippen LogP contribution in [0.3, 0.4) is 0 Å². The molecule has 3 aromatic rings.